The van der Waals surface area contributed by atoms with Crippen molar-refractivity contribution in [1.82, 2.24) is 19.9 Å². The highest BCUT2D eigenvalue weighted by atomic mass is 19.1. The number of nitrogens with one attached hydrogen (secondary N) is 1. The minimum atomic E-state index is -0.962. The first-order valence-corrected chi connectivity index (χ1v) is 12.1. The largest absolute Gasteiger partial charge is 0.507 e. The maximum absolute atomic E-state index is 15.3. The Labute approximate surface area is 201 Å². The van der Waals surface area contributed by atoms with Crippen molar-refractivity contribution in [3.8, 4) is 28.1 Å². The van der Waals surface area contributed by atoms with E-state index in [2.05, 4.69) is 20.2 Å². The Morgan fingerprint density at radius 3 is 2.66 bits per heavy atom. The van der Waals surface area contributed by atoms with Crippen LogP contribution in [0.25, 0.3) is 22.4 Å². The van der Waals surface area contributed by atoms with E-state index in [-0.39, 0.29) is 40.6 Å². The predicted molar refractivity (Wildman–Crippen MR) is 129 cm³/mol. The number of aryl methyl sites for hydroxylation is 1. The van der Waals surface area contributed by atoms with Crippen LogP contribution in [0.5, 0.6) is 5.75 Å². The zero-order chi connectivity index (χ0) is 24.3. The summed E-state index contributed by atoms with van der Waals surface area (Å²) in [7, 11) is 1.61. The Hall–Kier alpha value is -3.33. The lowest BCUT2D eigenvalue weighted by Gasteiger charge is -2.41. The van der Waals surface area contributed by atoms with Gasteiger partial charge in [0.2, 0.25) is 0 Å². The van der Waals surface area contributed by atoms with E-state index in [9.17, 15) is 14.3 Å². The molecule has 1 saturated carbocycles. The number of hydrogen-bond donors (Lipinski definition) is 2. The van der Waals surface area contributed by atoms with Crippen molar-refractivity contribution in [3.63, 3.8) is 0 Å². The van der Waals surface area contributed by atoms with Crippen molar-refractivity contribution in [3.05, 3.63) is 59.0 Å². The van der Waals surface area contributed by atoms with Crippen LogP contribution < -0.4 is 15.8 Å². The highest BCUT2D eigenvalue weighted by Crippen LogP contribution is 2.40. The van der Waals surface area contributed by atoms with Gasteiger partial charge in [-0.3, -0.25) is 9.78 Å². The third-order valence-corrected chi connectivity index (χ3v) is 7.53. The summed E-state index contributed by atoms with van der Waals surface area (Å²) in [6, 6.07) is 5.71. The molecule has 35 heavy (non-hydrogen) atoms. The Kier molecular flexibility index (Phi) is 5.32. The van der Waals surface area contributed by atoms with Crippen LogP contribution in [-0.4, -0.2) is 50.0 Å². The number of phenolic OH excluding ortho intramolecular Hbond substituents is 1. The number of aromatic nitrogens is 3. The molecule has 7 nitrogen and oxygen atoms in total. The van der Waals surface area contributed by atoms with Crippen molar-refractivity contribution in [1.29, 1.82) is 0 Å². The van der Waals surface area contributed by atoms with Gasteiger partial charge in [0.1, 0.15) is 23.6 Å². The number of phenols is 1. The van der Waals surface area contributed by atoms with Crippen molar-refractivity contribution in [2.24, 2.45) is 7.05 Å². The number of piperidine rings is 1. The molecule has 1 aliphatic carbocycles. The Bertz CT molecular complexity index is 1320. The number of halogens is 2. The van der Waals surface area contributed by atoms with E-state index in [4.69, 9.17) is 0 Å². The first-order valence-electron chi connectivity index (χ1n) is 12.1. The fourth-order valence-corrected chi connectivity index (χ4v) is 5.52. The molecule has 4 heterocycles. The molecule has 2 saturated heterocycles. The van der Waals surface area contributed by atoms with Crippen LogP contribution in [0.3, 0.4) is 0 Å². The summed E-state index contributed by atoms with van der Waals surface area (Å²) in [6.07, 6.45) is 8.30. The molecule has 2 aliphatic heterocycles. The molecule has 182 valence electrons. The molecule has 6 rings (SSSR count). The van der Waals surface area contributed by atoms with E-state index in [0.29, 0.717) is 23.1 Å². The SMILES string of the molecule is Cn1ccc(-c2cc(O)c(-c3cnc(N(C4CC4)[C@@H]4C[C@H]5CC[C@H](N5)[C@@H]4F)cn3)cc2F)cc1=O. The molecule has 2 N–H and O–H groups in total. The second-order valence-corrected chi connectivity index (χ2v) is 9.91. The van der Waals surface area contributed by atoms with E-state index in [0.717, 1.165) is 32.1 Å². The lowest BCUT2D eigenvalue weighted by Crippen LogP contribution is -2.57. The molecule has 3 aromatic rings. The van der Waals surface area contributed by atoms with Crippen molar-refractivity contribution in [2.75, 3.05) is 4.90 Å². The summed E-state index contributed by atoms with van der Waals surface area (Å²) < 4.78 is 31.7. The molecule has 3 fully saturated rings. The molecule has 0 radical (unpaired) electrons. The summed E-state index contributed by atoms with van der Waals surface area (Å²) in [5, 5.41) is 14.0. The standard InChI is InChI=1S/C26H27F2N5O2/c1-32-7-6-14(8-25(32)35)17-11-23(34)18(10-19(17)27)21-12-30-24(13-29-21)33(16-3-4-16)22-9-15-2-5-20(31-15)26(22)28/h6-8,10-13,15-16,20,22,26,31,34H,2-5,9H2,1H3/t15-,20+,22-,26+/m1/s1. The zero-order valence-electron chi connectivity index (χ0n) is 19.4. The maximum atomic E-state index is 15.3. The van der Waals surface area contributed by atoms with Crippen LogP contribution in [0, 0.1) is 5.82 Å². The number of benzene rings is 1. The quantitative estimate of drug-likeness (QED) is 0.583. The van der Waals surface area contributed by atoms with Crippen LogP contribution in [0.4, 0.5) is 14.6 Å². The maximum Gasteiger partial charge on any atom is 0.250 e. The van der Waals surface area contributed by atoms with Crippen LogP contribution in [0.1, 0.15) is 32.1 Å². The average Bonchev–Trinajstić information content (AvgIpc) is 3.60. The molecule has 2 bridgehead atoms. The van der Waals surface area contributed by atoms with Gasteiger partial charge in [0.15, 0.2) is 0 Å². The normalized spacial score (nSPS) is 25.6. The zero-order valence-corrected chi connectivity index (χ0v) is 19.4. The van der Waals surface area contributed by atoms with Gasteiger partial charge in [0, 0.05) is 48.6 Å². The Balaban J connectivity index is 1.29. The number of fused-ring (bicyclic) bond motifs is 2. The average molecular weight is 480 g/mol. The Morgan fingerprint density at radius 2 is 1.94 bits per heavy atom. The molecule has 2 aromatic heterocycles. The number of rotatable bonds is 5. The fourth-order valence-electron chi connectivity index (χ4n) is 5.52. The number of anilines is 1. The summed E-state index contributed by atoms with van der Waals surface area (Å²) in [4.78, 5) is 23.1. The summed E-state index contributed by atoms with van der Waals surface area (Å²) in [5.74, 6) is -0.133. The second-order valence-electron chi connectivity index (χ2n) is 9.91. The van der Waals surface area contributed by atoms with Crippen LogP contribution in [0.2, 0.25) is 0 Å². The number of hydrogen-bond acceptors (Lipinski definition) is 6. The molecule has 0 unspecified atom stereocenters. The van der Waals surface area contributed by atoms with Crippen molar-refractivity contribution >= 4 is 5.82 Å². The van der Waals surface area contributed by atoms with E-state index in [1.807, 2.05) is 0 Å². The van der Waals surface area contributed by atoms with Gasteiger partial charge in [-0.2, -0.15) is 0 Å². The lowest BCUT2D eigenvalue weighted by molar-refractivity contribution is 0.171. The molecule has 4 atom stereocenters. The number of aromatic hydroxyl groups is 1. The summed E-state index contributed by atoms with van der Waals surface area (Å²) in [6.45, 7) is 0. The first-order chi connectivity index (χ1) is 16.9. The number of pyridine rings is 1. The second kappa shape index (κ2) is 8.41. The predicted octanol–water partition coefficient (Wildman–Crippen LogP) is 3.55. The minimum absolute atomic E-state index is 0.101. The summed E-state index contributed by atoms with van der Waals surface area (Å²) in [5.41, 5.74) is 0.757. The third kappa shape index (κ3) is 3.97. The smallest absolute Gasteiger partial charge is 0.250 e. The minimum Gasteiger partial charge on any atom is -0.507 e. The van der Waals surface area contributed by atoms with Crippen molar-refractivity contribution in [2.45, 2.75) is 62.4 Å². The lowest BCUT2D eigenvalue weighted by atomic mass is 9.96. The molecular formula is C26H27F2N5O2. The molecular weight excluding hydrogens is 452 g/mol. The topological polar surface area (TPSA) is 83.3 Å². The van der Waals surface area contributed by atoms with E-state index >= 15 is 4.39 Å². The van der Waals surface area contributed by atoms with Crippen LogP contribution in [-0.2, 0) is 7.05 Å². The molecule has 0 amide bonds. The number of alkyl halides is 1. The first kappa shape index (κ1) is 22.2. The van der Waals surface area contributed by atoms with E-state index in [1.165, 1.54) is 29.0 Å². The highest BCUT2D eigenvalue weighted by Gasteiger charge is 2.48. The third-order valence-electron chi connectivity index (χ3n) is 7.53. The monoisotopic (exact) mass is 479 g/mol. The molecule has 1 aromatic carbocycles. The van der Waals surface area contributed by atoms with Gasteiger partial charge in [0.05, 0.1) is 24.1 Å². The fraction of sp³-hybridized carbons (Fsp3) is 0.423. The molecule has 9 heteroatoms. The molecule has 3 aliphatic rings. The number of nitrogens with zero attached hydrogens (tertiary/aromatic N) is 4. The van der Waals surface area contributed by atoms with E-state index < -0.39 is 12.0 Å². The van der Waals surface area contributed by atoms with Gasteiger partial charge < -0.3 is 19.9 Å². The van der Waals surface area contributed by atoms with Crippen LogP contribution >= 0.6 is 0 Å². The van der Waals surface area contributed by atoms with Gasteiger partial charge >= 0.3 is 0 Å². The van der Waals surface area contributed by atoms with Crippen molar-refractivity contribution < 1.29 is 13.9 Å². The van der Waals surface area contributed by atoms with Gasteiger partial charge in [-0.25, -0.2) is 13.8 Å². The highest BCUT2D eigenvalue weighted by molar-refractivity contribution is 5.74. The van der Waals surface area contributed by atoms with Gasteiger partial charge in [-0.05, 0) is 55.9 Å². The van der Waals surface area contributed by atoms with E-state index in [1.54, 1.807) is 25.5 Å². The Morgan fingerprint density at radius 1 is 1.11 bits per heavy atom. The van der Waals surface area contributed by atoms with Gasteiger partial charge in [0.25, 0.3) is 5.56 Å². The van der Waals surface area contributed by atoms with Gasteiger partial charge in [-0.1, -0.05) is 0 Å². The summed E-state index contributed by atoms with van der Waals surface area (Å²) >= 11 is 0. The van der Waals surface area contributed by atoms with Crippen LogP contribution in [0.15, 0.2) is 47.7 Å². The molecule has 0 spiro atoms. The van der Waals surface area contributed by atoms with Gasteiger partial charge in [-0.15, -0.1) is 0 Å².